The molecule has 32 heavy (non-hydrogen) atoms. The Kier molecular flexibility index (Phi) is 9.93. The fraction of sp³-hybridized carbons (Fsp3) is 0.440. The average Bonchev–Trinajstić information content (AvgIpc) is 2.70. The lowest BCUT2D eigenvalue weighted by atomic mass is 10.1. The molecular formula is C25H32Cl2N2O2S. The molecule has 0 bridgehead atoms. The predicted molar refractivity (Wildman–Crippen MR) is 136 cm³/mol. The molecule has 2 amide bonds. The molecule has 1 N–H and O–H groups in total. The van der Waals surface area contributed by atoms with E-state index in [2.05, 4.69) is 5.32 Å². The van der Waals surface area contributed by atoms with Gasteiger partial charge in [0, 0.05) is 27.9 Å². The van der Waals surface area contributed by atoms with E-state index in [9.17, 15) is 9.59 Å². The highest BCUT2D eigenvalue weighted by atomic mass is 35.5. The first-order valence-corrected chi connectivity index (χ1v) is 12.6. The summed E-state index contributed by atoms with van der Waals surface area (Å²) in [7, 11) is 0. The number of halogens is 2. The molecule has 0 saturated carbocycles. The summed E-state index contributed by atoms with van der Waals surface area (Å²) in [5, 5.41) is 4.20. The number of carbonyl (C=O) groups excluding carboxylic acids is 2. The Bertz CT molecular complexity index is 906. The van der Waals surface area contributed by atoms with E-state index in [4.69, 9.17) is 23.2 Å². The number of hydrogen-bond donors (Lipinski definition) is 1. The van der Waals surface area contributed by atoms with Crippen molar-refractivity contribution >= 4 is 46.8 Å². The first kappa shape index (κ1) is 26.6. The highest BCUT2D eigenvalue weighted by Gasteiger charge is 2.30. The maximum Gasteiger partial charge on any atom is 0.243 e. The standard InChI is InChI=1S/C25H32Cl2N2O2S/c1-6-22(24(31)28-25(3,4)5)29(14-18-12-10-17(2)11-13-18)23(30)16-32-15-19-20(26)8-7-9-21(19)27/h7-13,22H,6,14-16H2,1-5H3,(H,28,31)/t22-/m0/s1. The Balaban J connectivity index is 2.18. The molecule has 2 aromatic rings. The van der Waals surface area contributed by atoms with Gasteiger partial charge in [-0.15, -0.1) is 11.8 Å². The Morgan fingerprint density at radius 1 is 1.06 bits per heavy atom. The van der Waals surface area contributed by atoms with Gasteiger partial charge in [0.25, 0.3) is 0 Å². The van der Waals surface area contributed by atoms with Gasteiger partial charge in [0.05, 0.1) is 5.75 Å². The minimum atomic E-state index is -0.549. The van der Waals surface area contributed by atoms with Crippen LogP contribution in [0.1, 0.15) is 50.8 Å². The molecule has 174 valence electrons. The van der Waals surface area contributed by atoms with Crippen molar-refractivity contribution < 1.29 is 9.59 Å². The first-order chi connectivity index (χ1) is 15.0. The summed E-state index contributed by atoms with van der Waals surface area (Å²) >= 11 is 14.0. The number of thioether (sulfide) groups is 1. The van der Waals surface area contributed by atoms with Crippen LogP contribution in [0.3, 0.4) is 0 Å². The van der Waals surface area contributed by atoms with Gasteiger partial charge < -0.3 is 10.2 Å². The molecule has 4 nitrogen and oxygen atoms in total. The number of hydrogen-bond acceptors (Lipinski definition) is 3. The second-order valence-electron chi connectivity index (χ2n) is 8.86. The summed E-state index contributed by atoms with van der Waals surface area (Å²) in [5.74, 6) is 0.523. The summed E-state index contributed by atoms with van der Waals surface area (Å²) in [4.78, 5) is 28.0. The lowest BCUT2D eigenvalue weighted by Gasteiger charge is -2.33. The molecule has 0 fully saturated rings. The molecule has 0 aliphatic carbocycles. The molecule has 2 aromatic carbocycles. The number of aryl methyl sites for hydroxylation is 1. The van der Waals surface area contributed by atoms with Crippen molar-refractivity contribution in [3.8, 4) is 0 Å². The quantitative estimate of drug-likeness (QED) is 0.447. The zero-order valence-electron chi connectivity index (χ0n) is 19.4. The lowest BCUT2D eigenvalue weighted by molar-refractivity contribution is -0.140. The minimum Gasteiger partial charge on any atom is -0.350 e. The van der Waals surface area contributed by atoms with Crippen LogP contribution >= 0.6 is 35.0 Å². The zero-order valence-corrected chi connectivity index (χ0v) is 21.7. The number of carbonyl (C=O) groups is 2. The molecule has 2 rings (SSSR count). The highest BCUT2D eigenvalue weighted by Crippen LogP contribution is 2.28. The van der Waals surface area contributed by atoms with Gasteiger partial charge in [-0.1, -0.05) is 66.0 Å². The van der Waals surface area contributed by atoms with Crippen molar-refractivity contribution in [1.29, 1.82) is 0 Å². The van der Waals surface area contributed by atoms with Gasteiger partial charge in [0.15, 0.2) is 0 Å². The normalized spacial score (nSPS) is 12.3. The maximum atomic E-state index is 13.3. The van der Waals surface area contributed by atoms with Crippen molar-refractivity contribution in [1.82, 2.24) is 10.2 Å². The average molecular weight is 496 g/mol. The third-order valence-corrected chi connectivity index (χ3v) is 6.54. The monoisotopic (exact) mass is 494 g/mol. The van der Waals surface area contributed by atoms with Crippen LogP contribution in [0.15, 0.2) is 42.5 Å². The van der Waals surface area contributed by atoms with E-state index in [1.54, 1.807) is 23.1 Å². The topological polar surface area (TPSA) is 49.4 Å². The van der Waals surface area contributed by atoms with Crippen LogP contribution in [0.25, 0.3) is 0 Å². The molecule has 0 aromatic heterocycles. The summed E-state index contributed by atoms with van der Waals surface area (Å²) in [6.07, 6.45) is 0.528. The van der Waals surface area contributed by atoms with Crippen molar-refractivity contribution in [3.05, 3.63) is 69.2 Å². The minimum absolute atomic E-state index is 0.0883. The third-order valence-electron chi connectivity index (χ3n) is 4.89. The van der Waals surface area contributed by atoms with Crippen LogP contribution in [0.4, 0.5) is 0 Å². The van der Waals surface area contributed by atoms with E-state index in [1.165, 1.54) is 11.8 Å². The van der Waals surface area contributed by atoms with Crippen molar-refractivity contribution in [3.63, 3.8) is 0 Å². The van der Waals surface area contributed by atoms with Gasteiger partial charge in [-0.3, -0.25) is 9.59 Å². The summed E-state index contributed by atoms with van der Waals surface area (Å²) in [6.45, 7) is 10.1. The lowest BCUT2D eigenvalue weighted by Crippen LogP contribution is -2.53. The van der Waals surface area contributed by atoms with E-state index in [-0.39, 0.29) is 23.1 Å². The molecule has 0 saturated heterocycles. The van der Waals surface area contributed by atoms with Gasteiger partial charge in [0.2, 0.25) is 11.8 Å². The molecule has 0 radical (unpaired) electrons. The molecule has 0 aliphatic rings. The van der Waals surface area contributed by atoms with E-state index in [0.29, 0.717) is 28.8 Å². The molecule has 0 aliphatic heterocycles. The van der Waals surface area contributed by atoms with E-state index in [0.717, 1.165) is 16.7 Å². The van der Waals surface area contributed by atoms with E-state index >= 15 is 0 Å². The Morgan fingerprint density at radius 2 is 1.66 bits per heavy atom. The SMILES string of the molecule is CC[C@@H](C(=O)NC(C)(C)C)N(Cc1ccc(C)cc1)C(=O)CSCc1c(Cl)cccc1Cl. The first-order valence-electron chi connectivity index (χ1n) is 10.7. The number of amides is 2. The second kappa shape index (κ2) is 12.0. The molecule has 0 heterocycles. The molecule has 0 unspecified atom stereocenters. The van der Waals surface area contributed by atoms with Crippen LogP contribution in [-0.4, -0.2) is 34.0 Å². The van der Waals surface area contributed by atoms with Crippen LogP contribution < -0.4 is 5.32 Å². The Morgan fingerprint density at radius 3 is 2.19 bits per heavy atom. The summed E-state index contributed by atoms with van der Waals surface area (Å²) < 4.78 is 0. The van der Waals surface area contributed by atoms with E-state index < -0.39 is 6.04 Å². The van der Waals surface area contributed by atoms with E-state index in [1.807, 2.05) is 58.9 Å². The fourth-order valence-electron chi connectivity index (χ4n) is 3.26. The van der Waals surface area contributed by atoms with Gasteiger partial charge in [0.1, 0.15) is 6.04 Å². The number of nitrogens with one attached hydrogen (secondary N) is 1. The fourth-order valence-corrected chi connectivity index (χ4v) is 4.90. The molecule has 7 heteroatoms. The highest BCUT2D eigenvalue weighted by molar-refractivity contribution is 7.99. The van der Waals surface area contributed by atoms with Crippen LogP contribution in [0.2, 0.25) is 10.0 Å². The van der Waals surface area contributed by atoms with Crippen LogP contribution in [0.5, 0.6) is 0 Å². The Hall–Kier alpha value is -1.69. The molecular weight excluding hydrogens is 463 g/mol. The number of benzene rings is 2. The third kappa shape index (κ3) is 8.02. The largest absolute Gasteiger partial charge is 0.350 e. The van der Waals surface area contributed by atoms with Crippen molar-refractivity contribution in [2.45, 2.75) is 64.9 Å². The van der Waals surface area contributed by atoms with Gasteiger partial charge in [-0.05, 0) is 57.4 Å². The Labute approximate surface area is 206 Å². The van der Waals surface area contributed by atoms with Crippen LogP contribution in [0, 0.1) is 6.92 Å². The maximum absolute atomic E-state index is 13.3. The van der Waals surface area contributed by atoms with Gasteiger partial charge in [-0.25, -0.2) is 0 Å². The van der Waals surface area contributed by atoms with Gasteiger partial charge >= 0.3 is 0 Å². The summed E-state index contributed by atoms with van der Waals surface area (Å²) in [6, 6.07) is 12.9. The predicted octanol–water partition coefficient (Wildman–Crippen LogP) is 6.26. The zero-order chi connectivity index (χ0) is 23.9. The number of nitrogens with zero attached hydrogens (tertiary/aromatic N) is 1. The molecule has 0 spiro atoms. The second-order valence-corrected chi connectivity index (χ2v) is 10.7. The number of rotatable bonds is 9. The molecule has 1 atom stereocenters. The summed E-state index contributed by atoms with van der Waals surface area (Å²) in [5.41, 5.74) is 2.58. The smallest absolute Gasteiger partial charge is 0.243 e. The van der Waals surface area contributed by atoms with Crippen molar-refractivity contribution in [2.75, 3.05) is 5.75 Å². The van der Waals surface area contributed by atoms with Gasteiger partial charge in [-0.2, -0.15) is 0 Å². The van der Waals surface area contributed by atoms with Crippen molar-refractivity contribution in [2.24, 2.45) is 0 Å². The van der Waals surface area contributed by atoms with Crippen LogP contribution in [-0.2, 0) is 21.9 Å².